The Bertz CT molecular complexity index is 116. The summed E-state index contributed by atoms with van der Waals surface area (Å²) in [6.45, 7) is 7.89. The lowest BCUT2D eigenvalue weighted by Gasteiger charge is -2.35. The van der Waals surface area contributed by atoms with Gasteiger partial charge in [-0.1, -0.05) is 27.2 Å². The molecule has 11 heavy (non-hydrogen) atoms. The quantitative estimate of drug-likeness (QED) is 0.597. The summed E-state index contributed by atoms with van der Waals surface area (Å²) >= 11 is 0. The average Bonchev–Trinajstić information content (AvgIpc) is 1.85. The third kappa shape index (κ3) is 2.82. The molecular weight excluding hydrogens is 136 g/mol. The van der Waals surface area contributed by atoms with Crippen molar-refractivity contribution < 1.29 is 4.74 Å². The summed E-state index contributed by atoms with van der Waals surface area (Å²) in [5.74, 6) is 0. The van der Waals surface area contributed by atoms with Crippen molar-refractivity contribution in [1.82, 2.24) is 0 Å². The standard InChI is InChI=1S/C10H20O/c1-4-5-9-8-10(2,3)6-7-11-9/h9H,4-8H2,1-3H3/t9-/m0/s1. The minimum atomic E-state index is 0.526. The van der Waals surface area contributed by atoms with Crippen LogP contribution in [-0.2, 0) is 4.74 Å². The van der Waals surface area contributed by atoms with Gasteiger partial charge < -0.3 is 4.74 Å². The molecule has 0 N–H and O–H groups in total. The maximum absolute atomic E-state index is 5.65. The minimum absolute atomic E-state index is 0.526. The van der Waals surface area contributed by atoms with Crippen molar-refractivity contribution in [2.24, 2.45) is 5.41 Å². The summed E-state index contributed by atoms with van der Waals surface area (Å²) < 4.78 is 5.65. The van der Waals surface area contributed by atoms with E-state index in [2.05, 4.69) is 20.8 Å². The van der Waals surface area contributed by atoms with Crippen LogP contribution in [0.5, 0.6) is 0 Å². The maximum Gasteiger partial charge on any atom is 0.0580 e. The maximum atomic E-state index is 5.65. The molecule has 1 fully saturated rings. The Morgan fingerprint density at radius 1 is 1.45 bits per heavy atom. The Morgan fingerprint density at radius 2 is 2.18 bits per heavy atom. The molecule has 0 spiro atoms. The molecule has 1 saturated heterocycles. The van der Waals surface area contributed by atoms with Crippen LogP contribution in [0.4, 0.5) is 0 Å². The molecule has 0 bridgehead atoms. The van der Waals surface area contributed by atoms with Gasteiger partial charge in [-0.05, 0) is 24.7 Å². The van der Waals surface area contributed by atoms with Crippen LogP contribution in [0.3, 0.4) is 0 Å². The van der Waals surface area contributed by atoms with Crippen molar-refractivity contribution in [3.63, 3.8) is 0 Å². The molecule has 0 radical (unpaired) electrons. The van der Waals surface area contributed by atoms with Crippen LogP contribution in [-0.4, -0.2) is 12.7 Å². The topological polar surface area (TPSA) is 9.23 Å². The van der Waals surface area contributed by atoms with E-state index in [9.17, 15) is 0 Å². The van der Waals surface area contributed by atoms with Crippen LogP contribution in [0, 0.1) is 5.41 Å². The van der Waals surface area contributed by atoms with Crippen LogP contribution >= 0.6 is 0 Å². The second kappa shape index (κ2) is 3.57. The Kier molecular flexibility index (Phi) is 2.94. The number of rotatable bonds is 2. The largest absolute Gasteiger partial charge is 0.378 e. The molecule has 0 aromatic rings. The first kappa shape index (κ1) is 9.05. The van der Waals surface area contributed by atoms with Crippen LogP contribution in [0.1, 0.15) is 46.5 Å². The SMILES string of the molecule is CCC[C@H]1CC(C)(C)CCO1. The van der Waals surface area contributed by atoms with Crippen molar-refractivity contribution in [3.05, 3.63) is 0 Å². The van der Waals surface area contributed by atoms with Gasteiger partial charge in [-0.2, -0.15) is 0 Å². The molecule has 66 valence electrons. The van der Waals surface area contributed by atoms with Gasteiger partial charge in [-0.25, -0.2) is 0 Å². The summed E-state index contributed by atoms with van der Waals surface area (Å²) in [7, 11) is 0. The average molecular weight is 156 g/mol. The molecule has 1 aliphatic heterocycles. The second-order valence-electron chi connectivity index (χ2n) is 4.40. The summed E-state index contributed by atoms with van der Waals surface area (Å²) in [6, 6.07) is 0. The highest BCUT2D eigenvalue weighted by Gasteiger charge is 2.27. The van der Waals surface area contributed by atoms with Crippen molar-refractivity contribution in [2.45, 2.75) is 52.6 Å². The monoisotopic (exact) mass is 156 g/mol. The molecule has 1 nitrogen and oxygen atoms in total. The molecule has 0 saturated carbocycles. The number of hydrogen-bond donors (Lipinski definition) is 0. The first-order chi connectivity index (χ1) is 5.14. The fourth-order valence-electron chi connectivity index (χ4n) is 1.79. The molecule has 0 unspecified atom stereocenters. The van der Waals surface area contributed by atoms with Crippen LogP contribution in [0.2, 0.25) is 0 Å². The summed E-state index contributed by atoms with van der Waals surface area (Å²) in [5, 5.41) is 0. The molecule has 1 heterocycles. The molecule has 1 rings (SSSR count). The molecule has 0 aromatic carbocycles. The fourth-order valence-corrected chi connectivity index (χ4v) is 1.79. The van der Waals surface area contributed by atoms with E-state index in [1.54, 1.807) is 0 Å². The van der Waals surface area contributed by atoms with Gasteiger partial charge in [0.25, 0.3) is 0 Å². The third-order valence-electron chi connectivity index (χ3n) is 2.52. The lowest BCUT2D eigenvalue weighted by atomic mass is 9.81. The predicted octanol–water partition coefficient (Wildman–Crippen LogP) is 2.99. The summed E-state index contributed by atoms with van der Waals surface area (Å²) in [6.07, 6.45) is 5.52. The fraction of sp³-hybridized carbons (Fsp3) is 1.00. The van der Waals surface area contributed by atoms with Gasteiger partial charge >= 0.3 is 0 Å². The van der Waals surface area contributed by atoms with Gasteiger partial charge in [0, 0.05) is 6.61 Å². The lowest BCUT2D eigenvalue weighted by Crippen LogP contribution is -2.30. The van der Waals surface area contributed by atoms with E-state index in [0.29, 0.717) is 11.5 Å². The molecule has 1 heteroatoms. The summed E-state index contributed by atoms with van der Waals surface area (Å²) in [5.41, 5.74) is 0.526. The second-order valence-corrected chi connectivity index (χ2v) is 4.40. The van der Waals surface area contributed by atoms with Gasteiger partial charge in [-0.3, -0.25) is 0 Å². The zero-order chi connectivity index (χ0) is 8.32. The molecule has 1 aliphatic rings. The summed E-state index contributed by atoms with van der Waals surface area (Å²) in [4.78, 5) is 0. The third-order valence-corrected chi connectivity index (χ3v) is 2.52. The molecular formula is C10H20O. The van der Waals surface area contributed by atoms with E-state index in [4.69, 9.17) is 4.74 Å². The Hall–Kier alpha value is -0.0400. The Balaban J connectivity index is 2.34. The van der Waals surface area contributed by atoms with Crippen molar-refractivity contribution in [3.8, 4) is 0 Å². The van der Waals surface area contributed by atoms with E-state index >= 15 is 0 Å². The zero-order valence-corrected chi connectivity index (χ0v) is 8.02. The highest BCUT2D eigenvalue weighted by Crippen LogP contribution is 2.33. The van der Waals surface area contributed by atoms with E-state index in [1.807, 2.05) is 0 Å². The first-order valence-electron chi connectivity index (χ1n) is 4.76. The minimum Gasteiger partial charge on any atom is -0.378 e. The highest BCUT2D eigenvalue weighted by atomic mass is 16.5. The lowest BCUT2D eigenvalue weighted by molar-refractivity contribution is -0.0394. The van der Waals surface area contributed by atoms with Crippen LogP contribution in [0.15, 0.2) is 0 Å². The van der Waals surface area contributed by atoms with E-state index < -0.39 is 0 Å². The van der Waals surface area contributed by atoms with E-state index in [1.165, 1.54) is 25.7 Å². The first-order valence-corrected chi connectivity index (χ1v) is 4.76. The molecule has 0 amide bonds. The smallest absolute Gasteiger partial charge is 0.0580 e. The molecule has 0 aromatic heterocycles. The van der Waals surface area contributed by atoms with Gasteiger partial charge in [-0.15, -0.1) is 0 Å². The number of hydrogen-bond acceptors (Lipinski definition) is 1. The number of ether oxygens (including phenoxy) is 1. The zero-order valence-electron chi connectivity index (χ0n) is 8.02. The normalized spacial score (nSPS) is 30.3. The van der Waals surface area contributed by atoms with E-state index in [0.717, 1.165) is 6.61 Å². The van der Waals surface area contributed by atoms with Crippen LogP contribution < -0.4 is 0 Å². The molecule has 1 atom stereocenters. The van der Waals surface area contributed by atoms with Crippen molar-refractivity contribution in [1.29, 1.82) is 0 Å². The molecule has 0 aliphatic carbocycles. The van der Waals surface area contributed by atoms with Gasteiger partial charge in [0.15, 0.2) is 0 Å². The van der Waals surface area contributed by atoms with Crippen molar-refractivity contribution in [2.75, 3.05) is 6.61 Å². The van der Waals surface area contributed by atoms with Crippen molar-refractivity contribution >= 4 is 0 Å². The Labute approximate surface area is 70.1 Å². The van der Waals surface area contributed by atoms with Crippen LogP contribution in [0.25, 0.3) is 0 Å². The van der Waals surface area contributed by atoms with Gasteiger partial charge in [0.05, 0.1) is 6.10 Å². The predicted molar refractivity (Wildman–Crippen MR) is 47.7 cm³/mol. The Morgan fingerprint density at radius 3 is 2.73 bits per heavy atom. The highest BCUT2D eigenvalue weighted by molar-refractivity contribution is 4.77. The van der Waals surface area contributed by atoms with Gasteiger partial charge in [0.2, 0.25) is 0 Å². The van der Waals surface area contributed by atoms with E-state index in [-0.39, 0.29) is 0 Å². The van der Waals surface area contributed by atoms with Gasteiger partial charge in [0.1, 0.15) is 0 Å².